The highest BCUT2D eigenvalue weighted by Gasteiger charge is 2.04. The highest BCUT2D eigenvalue weighted by atomic mass is 19.3. The Morgan fingerprint density at radius 3 is 2.47 bits per heavy atom. The van der Waals surface area contributed by atoms with E-state index in [9.17, 15) is 13.6 Å². The number of carbonyl (C=O) groups excluding carboxylic acids is 1. The van der Waals surface area contributed by atoms with Crippen molar-refractivity contribution in [2.24, 2.45) is 0 Å². The zero-order chi connectivity index (χ0) is 14.3. The van der Waals surface area contributed by atoms with Gasteiger partial charge in [-0.2, -0.15) is 8.78 Å². The number of nitrogens with zero attached hydrogens (tertiary/aromatic N) is 1. The molecule has 0 atom stereocenters. The van der Waals surface area contributed by atoms with Gasteiger partial charge in [-0.3, -0.25) is 4.79 Å². The van der Waals surface area contributed by atoms with Gasteiger partial charge in [-0.15, -0.1) is 0 Å². The molecule has 6 heteroatoms. The van der Waals surface area contributed by atoms with E-state index in [0.717, 1.165) is 5.56 Å². The van der Waals surface area contributed by atoms with Crippen LogP contribution in [0, 0.1) is 0 Å². The molecule has 1 aromatic rings. The van der Waals surface area contributed by atoms with Gasteiger partial charge in [0.05, 0.1) is 0 Å². The van der Waals surface area contributed by atoms with E-state index in [1.807, 2.05) is 0 Å². The van der Waals surface area contributed by atoms with Crippen molar-refractivity contribution < 1.29 is 18.3 Å². The predicted molar refractivity (Wildman–Crippen MR) is 68.1 cm³/mol. The fourth-order valence-corrected chi connectivity index (χ4v) is 1.44. The Balaban J connectivity index is 2.28. The van der Waals surface area contributed by atoms with Gasteiger partial charge in [0.15, 0.2) is 0 Å². The molecule has 0 aromatic heterocycles. The maximum absolute atomic E-state index is 11.9. The number of amides is 1. The molecule has 0 saturated heterocycles. The number of halogens is 2. The quantitative estimate of drug-likeness (QED) is 0.770. The van der Waals surface area contributed by atoms with E-state index >= 15 is 0 Å². The first-order valence-electron chi connectivity index (χ1n) is 5.93. The standard InChI is InChI=1S/C13H18F2N2O2/c1-17(2)12(18)7-8-16-9-10-3-5-11(6-4-10)19-13(14)15/h3-6,13,16H,7-9H2,1-2H3. The van der Waals surface area contributed by atoms with Crippen molar-refractivity contribution >= 4 is 5.91 Å². The topological polar surface area (TPSA) is 41.6 Å². The Morgan fingerprint density at radius 2 is 1.95 bits per heavy atom. The highest BCUT2D eigenvalue weighted by Crippen LogP contribution is 2.14. The van der Waals surface area contributed by atoms with Crippen molar-refractivity contribution in [2.75, 3.05) is 20.6 Å². The molecule has 0 bridgehead atoms. The second kappa shape index (κ2) is 7.68. The van der Waals surface area contributed by atoms with E-state index in [4.69, 9.17) is 0 Å². The molecule has 0 aliphatic rings. The third-order valence-electron chi connectivity index (χ3n) is 2.49. The van der Waals surface area contributed by atoms with Crippen LogP contribution in [0.25, 0.3) is 0 Å². The molecule has 0 spiro atoms. The molecule has 0 radical (unpaired) electrons. The summed E-state index contributed by atoms with van der Waals surface area (Å²) in [6.07, 6.45) is 0.430. The highest BCUT2D eigenvalue weighted by molar-refractivity contribution is 5.75. The molecule has 1 N–H and O–H groups in total. The minimum absolute atomic E-state index is 0.0631. The summed E-state index contributed by atoms with van der Waals surface area (Å²) in [5.74, 6) is 0.203. The Bertz CT molecular complexity index is 394. The van der Waals surface area contributed by atoms with E-state index in [0.29, 0.717) is 19.5 Å². The number of rotatable bonds is 7. The van der Waals surface area contributed by atoms with Gasteiger partial charge < -0.3 is 15.0 Å². The summed E-state index contributed by atoms with van der Waals surface area (Å²) in [6, 6.07) is 6.40. The lowest BCUT2D eigenvalue weighted by molar-refractivity contribution is -0.128. The first kappa shape index (κ1) is 15.4. The third-order valence-corrected chi connectivity index (χ3v) is 2.49. The Hall–Kier alpha value is -1.69. The average Bonchev–Trinajstić information content (AvgIpc) is 2.35. The van der Waals surface area contributed by atoms with E-state index in [-0.39, 0.29) is 11.7 Å². The number of alkyl halides is 2. The van der Waals surface area contributed by atoms with Gasteiger partial charge >= 0.3 is 6.61 Å². The molecule has 1 amide bonds. The summed E-state index contributed by atoms with van der Waals surface area (Å²) in [5, 5.41) is 3.11. The van der Waals surface area contributed by atoms with Crippen LogP contribution in [0.2, 0.25) is 0 Å². The van der Waals surface area contributed by atoms with Crippen LogP contribution in [0.1, 0.15) is 12.0 Å². The Morgan fingerprint density at radius 1 is 1.32 bits per heavy atom. The molecule has 0 heterocycles. The molecule has 0 saturated carbocycles. The second-order valence-corrected chi connectivity index (χ2v) is 4.24. The molecule has 1 aromatic carbocycles. The van der Waals surface area contributed by atoms with Crippen molar-refractivity contribution in [3.05, 3.63) is 29.8 Å². The van der Waals surface area contributed by atoms with Crippen LogP contribution in [-0.4, -0.2) is 38.1 Å². The van der Waals surface area contributed by atoms with Crippen molar-refractivity contribution in [3.63, 3.8) is 0 Å². The summed E-state index contributed by atoms with van der Waals surface area (Å²) in [5.41, 5.74) is 0.943. The SMILES string of the molecule is CN(C)C(=O)CCNCc1ccc(OC(F)F)cc1. The van der Waals surface area contributed by atoms with Gasteiger partial charge in [0.1, 0.15) is 5.75 Å². The number of ether oxygens (including phenoxy) is 1. The molecule has 1 rings (SSSR count). The van der Waals surface area contributed by atoms with Crippen LogP contribution < -0.4 is 10.1 Å². The Labute approximate surface area is 111 Å². The molecular formula is C13H18F2N2O2. The number of hydrogen-bond donors (Lipinski definition) is 1. The van der Waals surface area contributed by atoms with Crippen LogP contribution in [0.5, 0.6) is 5.75 Å². The molecule has 0 aliphatic heterocycles. The summed E-state index contributed by atoms with van der Waals surface area (Å²) in [7, 11) is 3.42. The predicted octanol–water partition coefficient (Wildman–Crippen LogP) is 1.86. The van der Waals surface area contributed by atoms with Crippen LogP contribution in [0.4, 0.5) is 8.78 Å². The molecular weight excluding hydrogens is 254 g/mol. The minimum atomic E-state index is -2.80. The third kappa shape index (κ3) is 6.15. The second-order valence-electron chi connectivity index (χ2n) is 4.24. The van der Waals surface area contributed by atoms with Crippen LogP contribution in [0.15, 0.2) is 24.3 Å². The summed E-state index contributed by atoms with van der Waals surface area (Å²) >= 11 is 0. The van der Waals surface area contributed by atoms with Gasteiger partial charge in [-0.25, -0.2) is 0 Å². The lowest BCUT2D eigenvalue weighted by Gasteiger charge is -2.10. The lowest BCUT2D eigenvalue weighted by Crippen LogP contribution is -2.26. The molecule has 0 unspecified atom stereocenters. The van der Waals surface area contributed by atoms with E-state index in [1.165, 1.54) is 17.0 Å². The first-order valence-corrected chi connectivity index (χ1v) is 5.93. The van der Waals surface area contributed by atoms with E-state index in [2.05, 4.69) is 10.1 Å². The van der Waals surface area contributed by atoms with Crippen molar-refractivity contribution in [1.29, 1.82) is 0 Å². The van der Waals surface area contributed by atoms with Gasteiger partial charge in [0.25, 0.3) is 0 Å². The summed E-state index contributed by atoms with van der Waals surface area (Å²) in [6.45, 7) is -1.65. The molecule has 0 fully saturated rings. The van der Waals surface area contributed by atoms with Crippen molar-refractivity contribution in [1.82, 2.24) is 10.2 Å². The van der Waals surface area contributed by atoms with Gasteiger partial charge in [0.2, 0.25) is 5.91 Å². The minimum Gasteiger partial charge on any atom is -0.435 e. The number of nitrogens with one attached hydrogen (secondary N) is 1. The van der Waals surface area contributed by atoms with Crippen LogP contribution in [0.3, 0.4) is 0 Å². The number of benzene rings is 1. The van der Waals surface area contributed by atoms with E-state index < -0.39 is 6.61 Å². The molecule has 106 valence electrons. The molecule has 0 aliphatic carbocycles. The normalized spacial score (nSPS) is 10.6. The summed E-state index contributed by atoms with van der Waals surface area (Å²) < 4.78 is 28.1. The first-order chi connectivity index (χ1) is 8.99. The maximum Gasteiger partial charge on any atom is 0.387 e. The van der Waals surface area contributed by atoms with Gasteiger partial charge in [-0.05, 0) is 17.7 Å². The monoisotopic (exact) mass is 272 g/mol. The van der Waals surface area contributed by atoms with Crippen LogP contribution >= 0.6 is 0 Å². The van der Waals surface area contributed by atoms with Crippen molar-refractivity contribution in [2.45, 2.75) is 19.6 Å². The Kier molecular flexibility index (Phi) is 6.21. The molecule has 19 heavy (non-hydrogen) atoms. The zero-order valence-corrected chi connectivity index (χ0v) is 11.0. The summed E-state index contributed by atoms with van der Waals surface area (Å²) in [4.78, 5) is 12.8. The average molecular weight is 272 g/mol. The van der Waals surface area contributed by atoms with Gasteiger partial charge in [0, 0.05) is 33.6 Å². The fraction of sp³-hybridized carbons (Fsp3) is 0.462. The van der Waals surface area contributed by atoms with E-state index in [1.54, 1.807) is 26.2 Å². The van der Waals surface area contributed by atoms with Crippen LogP contribution in [-0.2, 0) is 11.3 Å². The largest absolute Gasteiger partial charge is 0.435 e. The van der Waals surface area contributed by atoms with Gasteiger partial charge in [-0.1, -0.05) is 12.1 Å². The smallest absolute Gasteiger partial charge is 0.387 e. The van der Waals surface area contributed by atoms with Crippen molar-refractivity contribution in [3.8, 4) is 5.75 Å². The zero-order valence-electron chi connectivity index (χ0n) is 11.0. The lowest BCUT2D eigenvalue weighted by atomic mass is 10.2. The maximum atomic E-state index is 11.9. The number of hydrogen-bond acceptors (Lipinski definition) is 3. The fourth-order valence-electron chi connectivity index (χ4n) is 1.44. The number of carbonyl (C=O) groups is 1. The molecule has 4 nitrogen and oxygen atoms in total.